The quantitative estimate of drug-likeness (QED) is 0.593. The number of hydrogen-bond donors (Lipinski definition) is 1. The second-order valence-corrected chi connectivity index (χ2v) is 9.70. The molecule has 0 saturated carbocycles. The van der Waals surface area contributed by atoms with Crippen LogP contribution >= 0.6 is 0 Å². The summed E-state index contributed by atoms with van der Waals surface area (Å²) in [6, 6.07) is 9.45. The number of ether oxygens (including phenoxy) is 3. The van der Waals surface area contributed by atoms with Crippen LogP contribution in [0.4, 0.5) is 11.4 Å². The molecule has 9 nitrogen and oxygen atoms in total. The summed E-state index contributed by atoms with van der Waals surface area (Å²) in [5, 5.41) is 2.87. The summed E-state index contributed by atoms with van der Waals surface area (Å²) in [6.07, 6.45) is 0. The minimum absolute atomic E-state index is 0.118. The summed E-state index contributed by atoms with van der Waals surface area (Å²) in [4.78, 5) is 15.2. The summed E-state index contributed by atoms with van der Waals surface area (Å²) in [5.41, 5.74) is 1.69. The Bertz CT molecular complexity index is 1060. The van der Waals surface area contributed by atoms with Crippen LogP contribution < -0.4 is 19.7 Å². The molecule has 0 aromatic heterocycles. The Morgan fingerprint density at radius 2 is 1.64 bits per heavy atom. The lowest BCUT2D eigenvalue weighted by molar-refractivity contribution is 0.102. The maximum absolute atomic E-state index is 12.9. The van der Waals surface area contributed by atoms with Crippen LogP contribution in [0.3, 0.4) is 0 Å². The average molecular weight is 478 g/mol. The number of benzene rings is 2. The first-order valence-corrected chi connectivity index (χ1v) is 12.3. The number of morpholine rings is 1. The van der Waals surface area contributed by atoms with Gasteiger partial charge in [-0.15, -0.1) is 0 Å². The summed E-state index contributed by atoms with van der Waals surface area (Å²) >= 11 is 0. The van der Waals surface area contributed by atoms with Crippen LogP contribution in [0.1, 0.15) is 24.2 Å². The first-order chi connectivity index (χ1) is 15.8. The molecule has 1 fully saturated rings. The molecule has 1 heterocycles. The first-order valence-electron chi connectivity index (χ1n) is 10.9. The Labute approximate surface area is 195 Å². The highest BCUT2D eigenvalue weighted by Gasteiger charge is 2.21. The largest absolute Gasteiger partial charge is 0.492 e. The zero-order valence-corrected chi connectivity index (χ0v) is 20.3. The van der Waals surface area contributed by atoms with Crippen LogP contribution in [0.15, 0.2) is 41.3 Å². The Hall–Kier alpha value is -2.82. The Balaban J connectivity index is 1.89. The number of rotatable bonds is 9. The number of carbonyl (C=O) groups excluding carboxylic acids is 1. The van der Waals surface area contributed by atoms with Crippen molar-refractivity contribution < 1.29 is 27.4 Å². The van der Waals surface area contributed by atoms with Crippen molar-refractivity contribution in [2.24, 2.45) is 0 Å². The zero-order chi connectivity index (χ0) is 24.0. The van der Waals surface area contributed by atoms with Crippen LogP contribution in [0.25, 0.3) is 0 Å². The van der Waals surface area contributed by atoms with Gasteiger partial charge < -0.3 is 24.4 Å². The third-order valence-corrected chi connectivity index (χ3v) is 6.99. The van der Waals surface area contributed by atoms with E-state index in [9.17, 15) is 13.2 Å². The van der Waals surface area contributed by atoms with Gasteiger partial charge in [0.05, 0.1) is 42.7 Å². The highest BCUT2D eigenvalue weighted by Crippen LogP contribution is 2.39. The molecule has 0 atom stereocenters. The predicted molar refractivity (Wildman–Crippen MR) is 127 cm³/mol. The molecular formula is C23H31N3O6S. The number of anilines is 2. The van der Waals surface area contributed by atoms with E-state index in [1.54, 1.807) is 6.07 Å². The third-order valence-electron chi connectivity index (χ3n) is 5.16. The number of nitrogens with zero attached hydrogens (tertiary/aromatic N) is 2. The lowest BCUT2D eigenvalue weighted by atomic mass is 10.1. The fourth-order valence-electron chi connectivity index (χ4n) is 3.43. The van der Waals surface area contributed by atoms with Crippen LogP contribution in [0, 0.1) is 0 Å². The maximum Gasteiger partial charge on any atom is 0.255 e. The van der Waals surface area contributed by atoms with Crippen molar-refractivity contribution in [2.75, 3.05) is 63.8 Å². The van der Waals surface area contributed by atoms with E-state index in [4.69, 9.17) is 14.2 Å². The smallest absolute Gasteiger partial charge is 0.255 e. The third kappa shape index (κ3) is 5.76. The molecule has 1 saturated heterocycles. The lowest BCUT2D eigenvalue weighted by Gasteiger charge is -2.31. The second-order valence-electron chi connectivity index (χ2n) is 7.55. The summed E-state index contributed by atoms with van der Waals surface area (Å²) in [7, 11) is -0.648. The van der Waals surface area contributed by atoms with Crippen molar-refractivity contribution in [2.45, 2.75) is 18.7 Å². The molecule has 1 amide bonds. The Kier molecular flexibility index (Phi) is 8.17. The Morgan fingerprint density at radius 3 is 2.21 bits per heavy atom. The van der Waals surface area contributed by atoms with Gasteiger partial charge >= 0.3 is 0 Å². The average Bonchev–Trinajstić information content (AvgIpc) is 2.81. The van der Waals surface area contributed by atoms with E-state index in [-0.39, 0.29) is 10.8 Å². The fourth-order valence-corrected chi connectivity index (χ4v) is 4.33. The summed E-state index contributed by atoms with van der Waals surface area (Å²) in [5.74, 6) is 0.791. The van der Waals surface area contributed by atoms with Crippen molar-refractivity contribution in [3.63, 3.8) is 0 Å². The number of sulfonamides is 1. The molecule has 33 heavy (non-hydrogen) atoms. The second kappa shape index (κ2) is 10.9. The van der Waals surface area contributed by atoms with Crippen LogP contribution in [0.5, 0.6) is 11.5 Å². The van der Waals surface area contributed by atoms with Gasteiger partial charge in [0.2, 0.25) is 10.0 Å². The van der Waals surface area contributed by atoms with E-state index < -0.39 is 10.0 Å². The fraction of sp³-hybridized carbons (Fsp3) is 0.435. The SMILES string of the molecule is CCOc1cc(N2CCOCC2)c(OCC)cc1NC(=O)c1ccc(S(=O)(=O)N(C)C)cc1. The van der Waals surface area contributed by atoms with Gasteiger partial charge in [-0.1, -0.05) is 0 Å². The van der Waals surface area contributed by atoms with Crippen LogP contribution in [-0.4, -0.2) is 72.2 Å². The standard InChI is InChI=1S/C23H31N3O6S/c1-5-31-21-16-20(26-11-13-30-14-12-26)22(32-6-2)15-19(21)24-23(27)17-7-9-18(10-8-17)33(28,29)25(3)4/h7-10,15-16H,5-6,11-14H2,1-4H3,(H,24,27). The number of hydrogen-bond acceptors (Lipinski definition) is 7. The van der Waals surface area contributed by atoms with Crippen LogP contribution in [0.2, 0.25) is 0 Å². The van der Waals surface area contributed by atoms with Gasteiger partial charge in [0.1, 0.15) is 11.5 Å². The molecule has 3 rings (SSSR count). The topological polar surface area (TPSA) is 97.4 Å². The van der Waals surface area contributed by atoms with E-state index in [2.05, 4.69) is 10.2 Å². The van der Waals surface area contributed by atoms with Crippen molar-refractivity contribution in [3.8, 4) is 11.5 Å². The van der Waals surface area contributed by atoms with E-state index in [1.807, 2.05) is 19.9 Å². The Morgan fingerprint density at radius 1 is 1.03 bits per heavy atom. The summed E-state index contributed by atoms with van der Waals surface area (Å²) in [6.45, 7) is 7.42. The van der Waals surface area contributed by atoms with Crippen LogP contribution in [-0.2, 0) is 14.8 Å². The molecule has 2 aromatic rings. The van der Waals surface area contributed by atoms with E-state index >= 15 is 0 Å². The van der Waals surface area contributed by atoms with E-state index in [1.165, 1.54) is 38.4 Å². The molecule has 10 heteroatoms. The molecule has 180 valence electrons. The first kappa shape index (κ1) is 24.8. The van der Waals surface area contributed by atoms with Gasteiger partial charge in [0.25, 0.3) is 5.91 Å². The van der Waals surface area contributed by atoms with Crippen molar-refractivity contribution in [3.05, 3.63) is 42.0 Å². The normalized spacial score (nSPS) is 14.3. The number of nitrogens with one attached hydrogen (secondary N) is 1. The number of amides is 1. The number of carbonyl (C=O) groups is 1. The van der Waals surface area contributed by atoms with Gasteiger partial charge in [-0.25, -0.2) is 12.7 Å². The summed E-state index contributed by atoms with van der Waals surface area (Å²) < 4.78 is 42.8. The van der Waals surface area contributed by atoms with E-state index in [0.29, 0.717) is 49.2 Å². The molecule has 1 aliphatic rings. The lowest BCUT2D eigenvalue weighted by Crippen LogP contribution is -2.36. The van der Waals surface area contributed by atoms with Crippen molar-refractivity contribution in [1.29, 1.82) is 0 Å². The van der Waals surface area contributed by atoms with Gasteiger partial charge in [-0.05, 0) is 38.1 Å². The molecule has 0 radical (unpaired) electrons. The zero-order valence-electron chi connectivity index (χ0n) is 19.5. The van der Waals surface area contributed by atoms with Gasteiger partial charge in [-0.2, -0.15) is 0 Å². The molecular weight excluding hydrogens is 446 g/mol. The highest BCUT2D eigenvalue weighted by atomic mass is 32.2. The highest BCUT2D eigenvalue weighted by molar-refractivity contribution is 7.89. The molecule has 2 aromatic carbocycles. The van der Waals surface area contributed by atoms with Crippen molar-refractivity contribution >= 4 is 27.3 Å². The minimum atomic E-state index is -3.57. The molecule has 0 bridgehead atoms. The van der Waals surface area contributed by atoms with Gasteiger partial charge in [0.15, 0.2) is 0 Å². The predicted octanol–water partition coefficient (Wildman–Crippen LogP) is 2.82. The van der Waals surface area contributed by atoms with Crippen molar-refractivity contribution in [1.82, 2.24) is 4.31 Å². The van der Waals surface area contributed by atoms with E-state index in [0.717, 1.165) is 23.1 Å². The molecule has 0 spiro atoms. The minimum Gasteiger partial charge on any atom is -0.492 e. The monoisotopic (exact) mass is 477 g/mol. The molecule has 0 aliphatic carbocycles. The van der Waals surface area contributed by atoms with Gasteiger partial charge in [-0.3, -0.25) is 4.79 Å². The maximum atomic E-state index is 12.9. The molecule has 1 N–H and O–H groups in total. The van der Waals surface area contributed by atoms with Gasteiger partial charge in [0, 0.05) is 44.9 Å². The molecule has 0 unspecified atom stereocenters. The molecule has 1 aliphatic heterocycles.